The van der Waals surface area contributed by atoms with Crippen molar-refractivity contribution in [2.45, 2.75) is 12.6 Å². The molecule has 0 aliphatic carbocycles. The first-order valence-corrected chi connectivity index (χ1v) is 6.90. The summed E-state index contributed by atoms with van der Waals surface area (Å²) in [7, 11) is 0. The van der Waals surface area contributed by atoms with Crippen LogP contribution in [-0.4, -0.2) is 25.1 Å². The first-order chi connectivity index (χ1) is 10.6. The molecule has 1 amide bonds. The van der Waals surface area contributed by atoms with Gasteiger partial charge in [0, 0.05) is 17.8 Å². The summed E-state index contributed by atoms with van der Waals surface area (Å²) in [6.45, 7) is 5.88. The van der Waals surface area contributed by atoms with Crippen molar-refractivity contribution >= 4 is 11.9 Å². The highest BCUT2D eigenvalue weighted by molar-refractivity contribution is 5.95. The van der Waals surface area contributed by atoms with Gasteiger partial charge < -0.3 is 20.1 Å². The Hall–Kier alpha value is -2.76. The minimum absolute atomic E-state index is 0.211. The highest BCUT2D eigenvalue weighted by Crippen LogP contribution is 2.24. The number of ether oxygens (including phenoxy) is 2. The quantitative estimate of drug-likeness (QED) is 0.610. The topological polar surface area (TPSA) is 76.7 Å². The van der Waals surface area contributed by atoms with Gasteiger partial charge in [0.1, 0.15) is 12.4 Å². The second-order valence-corrected chi connectivity index (χ2v) is 4.56. The molecular formula is C16H18N2O4. The van der Waals surface area contributed by atoms with Gasteiger partial charge in [-0.15, -0.1) is 0 Å². The lowest BCUT2D eigenvalue weighted by atomic mass is 9.97. The van der Waals surface area contributed by atoms with E-state index in [1.807, 2.05) is 0 Å². The Kier molecular flexibility index (Phi) is 4.83. The van der Waals surface area contributed by atoms with Crippen LogP contribution in [0.3, 0.4) is 0 Å². The molecule has 1 unspecified atom stereocenters. The molecule has 1 aromatic rings. The summed E-state index contributed by atoms with van der Waals surface area (Å²) in [5.74, 6) is -0.313. The van der Waals surface area contributed by atoms with Crippen LogP contribution >= 0.6 is 0 Å². The van der Waals surface area contributed by atoms with Gasteiger partial charge in [0.05, 0.1) is 6.61 Å². The molecule has 1 aromatic carbocycles. The summed E-state index contributed by atoms with van der Waals surface area (Å²) < 4.78 is 10.5. The molecule has 1 aliphatic rings. The molecule has 6 heteroatoms. The fraction of sp³-hybridized carbons (Fsp3) is 0.250. The maximum Gasteiger partial charge on any atom is 0.357 e. The monoisotopic (exact) mass is 302 g/mol. The van der Waals surface area contributed by atoms with E-state index in [1.54, 1.807) is 37.3 Å². The normalized spacial score (nSPS) is 19.8. The number of nitrogens with one attached hydrogen (secondary N) is 2. The maximum absolute atomic E-state index is 12.3. The van der Waals surface area contributed by atoms with E-state index in [-0.39, 0.29) is 12.5 Å². The van der Waals surface area contributed by atoms with E-state index in [4.69, 9.17) is 9.47 Å². The molecule has 2 rings (SSSR count). The van der Waals surface area contributed by atoms with E-state index in [1.165, 1.54) is 12.3 Å². The largest absolute Gasteiger partial charge is 0.490 e. The van der Waals surface area contributed by atoms with Gasteiger partial charge in [-0.3, -0.25) is 4.79 Å². The predicted molar refractivity (Wildman–Crippen MR) is 80.9 cm³/mol. The molecule has 1 atom stereocenters. The number of benzene rings is 1. The third-order valence-corrected chi connectivity index (χ3v) is 3.08. The first kappa shape index (κ1) is 15.6. The molecule has 0 saturated heterocycles. The van der Waals surface area contributed by atoms with Crippen LogP contribution < -0.4 is 15.4 Å². The molecule has 0 aromatic heterocycles. The van der Waals surface area contributed by atoms with Crippen molar-refractivity contribution in [2.75, 3.05) is 13.2 Å². The van der Waals surface area contributed by atoms with Gasteiger partial charge in [0.15, 0.2) is 0 Å². The zero-order valence-corrected chi connectivity index (χ0v) is 12.3. The molecule has 22 heavy (non-hydrogen) atoms. The summed E-state index contributed by atoms with van der Waals surface area (Å²) in [6, 6.07) is 6.82. The Morgan fingerprint density at radius 1 is 1.36 bits per heavy atom. The zero-order valence-electron chi connectivity index (χ0n) is 12.3. The Balaban J connectivity index is 2.33. The van der Waals surface area contributed by atoms with Crippen LogP contribution in [0.4, 0.5) is 0 Å². The molecule has 0 spiro atoms. The van der Waals surface area contributed by atoms with E-state index in [2.05, 4.69) is 17.2 Å². The van der Waals surface area contributed by atoms with Crippen LogP contribution in [-0.2, 0) is 20.0 Å². The van der Waals surface area contributed by atoms with Crippen molar-refractivity contribution in [3.63, 3.8) is 0 Å². The molecule has 0 saturated carbocycles. The Bertz CT molecular complexity index is 595. The fourth-order valence-corrected chi connectivity index (χ4v) is 2.08. The van der Waals surface area contributed by atoms with Gasteiger partial charge >= 0.3 is 5.97 Å². The van der Waals surface area contributed by atoms with E-state index >= 15 is 0 Å². The molecule has 1 aliphatic heterocycles. The molecule has 2 N–H and O–H groups in total. The van der Waals surface area contributed by atoms with Crippen molar-refractivity contribution < 1.29 is 19.1 Å². The SMILES string of the molecule is C=CCOc1ccc(C2(C(=O)OCC)NC=CC(=O)N2)cc1. The van der Waals surface area contributed by atoms with E-state index in [0.717, 1.165) is 0 Å². The van der Waals surface area contributed by atoms with Crippen molar-refractivity contribution in [2.24, 2.45) is 0 Å². The second kappa shape index (κ2) is 6.80. The average Bonchev–Trinajstić information content (AvgIpc) is 2.53. The molecule has 0 fully saturated rings. The van der Waals surface area contributed by atoms with Crippen LogP contribution in [0.1, 0.15) is 12.5 Å². The van der Waals surface area contributed by atoms with Crippen LogP contribution in [0.15, 0.2) is 49.2 Å². The predicted octanol–water partition coefficient (Wildman–Crippen LogP) is 1.20. The number of hydrogen-bond acceptors (Lipinski definition) is 5. The third-order valence-electron chi connectivity index (χ3n) is 3.08. The molecule has 1 heterocycles. The average molecular weight is 302 g/mol. The van der Waals surface area contributed by atoms with Crippen molar-refractivity contribution in [1.29, 1.82) is 0 Å². The summed E-state index contributed by atoms with van der Waals surface area (Å²) in [5, 5.41) is 5.51. The molecule has 116 valence electrons. The lowest BCUT2D eigenvalue weighted by Gasteiger charge is -2.34. The smallest absolute Gasteiger partial charge is 0.357 e. The number of amides is 1. The number of esters is 1. The first-order valence-electron chi connectivity index (χ1n) is 6.90. The van der Waals surface area contributed by atoms with Crippen molar-refractivity contribution in [3.05, 3.63) is 54.8 Å². The Morgan fingerprint density at radius 3 is 2.68 bits per heavy atom. The third kappa shape index (κ3) is 3.11. The van der Waals surface area contributed by atoms with E-state index in [9.17, 15) is 9.59 Å². The summed E-state index contributed by atoms with van der Waals surface area (Å²) in [5.41, 5.74) is -0.881. The number of rotatable bonds is 6. The van der Waals surface area contributed by atoms with Gasteiger partial charge in [-0.2, -0.15) is 0 Å². The molecule has 0 radical (unpaired) electrons. The van der Waals surface area contributed by atoms with Gasteiger partial charge in [-0.1, -0.05) is 24.8 Å². The van der Waals surface area contributed by atoms with Gasteiger partial charge in [-0.25, -0.2) is 4.79 Å². The number of hydrogen-bond donors (Lipinski definition) is 2. The summed E-state index contributed by atoms with van der Waals surface area (Å²) in [4.78, 5) is 24.0. The highest BCUT2D eigenvalue weighted by Gasteiger charge is 2.44. The van der Waals surface area contributed by atoms with Crippen molar-refractivity contribution in [1.82, 2.24) is 10.6 Å². The highest BCUT2D eigenvalue weighted by atomic mass is 16.5. The van der Waals surface area contributed by atoms with E-state index < -0.39 is 11.6 Å². The lowest BCUT2D eigenvalue weighted by Crippen LogP contribution is -2.62. The zero-order chi connectivity index (χ0) is 16.0. The van der Waals surface area contributed by atoms with Crippen LogP contribution in [0, 0.1) is 0 Å². The molecule has 0 bridgehead atoms. The summed E-state index contributed by atoms with van der Waals surface area (Å²) in [6.07, 6.45) is 4.37. The standard InChI is InChI=1S/C16H18N2O4/c1-3-11-22-13-7-5-12(6-8-13)16(15(20)21-4-2)17-10-9-14(19)18-16/h3,5-10,17H,1,4,11H2,2H3,(H,18,19). The molecular weight excluding hydrogens is 284 g/mol. The Labute approximate surface area is 128 Å². The van der Waals surface area contributed by atoms with Crippen LogP contribution in [0.25, 0.3) is 0 Å². The Morgan fingerprint density at radius 2 is 2.09 bits per heavy atom. The lowest BCUT2D eigenvalue weighted by molar-refractivity contribution is -0.155. The van der Waals surface area contributed by atoms with Crippen LogP contribution in [0.5, 0.6) is 5.75 Å². The summed E-state index contributed by atoms with van der Waals surface area (Å²) >= 11 is 0. The van der Waals surface area contributed by atoms with Crippen molar-refractivity contribution in [3.8, 4) is 5.75 Å². The van der Waals surface area contributed by atoms with E-state index in [0.29, 0.717) is 17.9 Å². The van der Waals surface area contributed by atoms with Gasteiger partial charge in [0.2, 0.25) is 11.6 Å². The second-order valence-electron chi connectivity index (χ2n) is 4.56. The minimum Gasteiger partial charge on any atom is -0.490 e. The van der Waals surface area contributed by atoms with Gasteiger partial charge in [0.25, 0.3) is 0 Å². The number of carbonyl (C=O) groups is 2. The maximum atomic E-state index is 12.3. The van der Waals surface area contributed by atoms with Crippen LogP contribution in [0.2, 0.25) is 0 Å². The number of carbonyl (C=O) groups excluding carboxylic acids is 2. The molecule has 6 nitrogen and oxygen atoms in total. The minimum atomic E-state index is -1.43. The van der Waals surface area contributed by atoms with Gasteiger partial charge in [-0.05, 0) is 19.1 Å². The fourth-order valence-electron chi connectivity index (χ4n) is 2.08.